The van der Waals surface area contributed by atoms with E-state index in [4.69, 9.17) is 0 Å². The van der Waals surface area contributed by atoms with Gasteiger partial charge in [0.15, 0.2) is 0 Å². The maximum absolute atomic E-state index is 12.7. The van der Waals surface area contributed by atoms with E-state index >= 15 is 0 Å². The topological polar surface area (TPSA) is 29.1 Å². The third-order valence-corrected chi connectivity index (χ3v) is 2.33. The second-order valence-corrected chi connectivity index (χ2v) is 3.78. The van der Waals surface area contributed by atoms with Crippen LogP contribution in [0.1, 0.15) is 25.7 Å². The minimum atomic E-state index is -2.58. The zero-order valence-electron chi connectivity index (χ0n) is 7.22. The molecule has 0 heterocycles. The Morgan fingerprint density at radius 2 is 2.31 bits per heavy atom. The highest BCUT2D eigenvalue weighted by atomic mass is 32.1. The molecule has 1 atom stereocenters. The van der Waals surface area contributed by atoms with E-state index < -0.39 is 5.92 Å². The fraction of sp³-hybridized carbons (Fsp3) is 0.875. The molecule has 0 aromatic rings. The van der Waals surface area contributed by atoms with Gasteiger partial charge in [-0.1, -0.05) is 0 Å². The Labute approximate surface area is 81.5 Å². The molecule has 1 rings (SSSR count). The van der Waals surface area contributed by atoms with E-state index in [0.29, 0.717) is 18.6 Å². The second kappa shape index (κ2) is 4.26. The zero-order valence-corrected chi connectivity index (χ0v) is 8.12. The van der Waals surface area contributed by atoms with E-state index in [0.717, 1.165) is 0 Å². The van der Waals surface area contributed by atoms with Crippen molar-refractivity contribution >= 4 is 18.5 Å². The summed E-state index contributed by atoms with van der Waals surface area (Å²) in [4.78, 5) is 11.0. The second-order valence-electron chi connectivity index (χ2n) is 3.34. The maximum atomic E-state index is 12.7. The van der Waals surface area contributed by atoms with Gasteiger partial charge >= 0.3 is 0 Å². The summed E-state index contributed by atoms with van der Waals surface area (Å²) in [5, 5.41) is 2.57. The number of hydrogen-bond donors (Lipinski definition) is 2. The van der Waals surface area contributed by atoms with Crippen LogP contribution in [0.4, 0.5) is 8.78 Å². The molecule has 0 aromatic carbocycles. The summed E-state index contributed by atoms with van der Waals surface area (Å²) in [5.41, 5.74) is 0. The van der Waals surface area contributed by atoms with E-state index in [1.54, 1.807) is 0 Å². The number of thiol groups is 1. The number of rotatable bonds is 3. The van der Waals surface area contributed by atoms with Gasteiger partial charge < -0.3 is 5.32 Å². The summed E-state index contributed by atoms with van der Waals surface area (Å²) in [6.07, 6.45) is 0.348. The summed E-state index contributed by atoms with van der Waals surface area (Å²) < 4.78 is 25.3. The van der Waals surface area contributed by atoms with Crippen LogP contribution in [0.2, 0.25) is 0 Å². The van der Waals surface area contributed by atoms with Gasteiger partial charge in [-0.3, -0.25) is 4.79 Å². The summed E-state index contributed by atoms with van der Waals surface area (Å²) in [7, 11) is 0. The van der Waals surface area contributed by atoms with Crippen molar-refractivity contribution < 1.29 is 13.6 Å². The SMILES string of the molecule is O=C(CCS)NC1CCC(F)(F)C1. The predicted octanol–water partition coefficient (Wildman–Crippen LogP) is 1.61. The van der Waals surface area contributed by atoms with Crippen molar-refractivity contribution in [2.45, 2.75) is 37.6 Å². The van der Waals surface area contributed by atoms with E-state index in [9.17, 15) is 13.6 Å². The third kappa shape index (κ3) is 3.50. The van der Waals surface area contributed by atoms with E-state index in [1.165, 1.54) is 0 Å². The molecule has 0 radical (unpaired) electrons. The van der Waals surface area contributed by atoms with Crippen LogP contribution in [-0.2, 0) is 4.79 Å². The lowest BCUT2D eigenvalue weighted by Crippen LogP contribution is -2.33. The van der Waals surface area contributed by atoms with Crippen molar-refractivity contribution in [1.82, 2.24) is 5.32 Å². The predicted molar refractivity (Wildman–Crippen MR) is 49.2 cm³/mol. The van der Waals surface area contributed by atoms with Gasteiger partial charge in [0.25, 0.3) is 0 Å². The molecule has 13 heavy (non-hydrogen) atoms. The number of carbonyl (C=O) groups excluding carboxylic acids is 1. The highest BCUT2D eigenvalue weighted by Crippen LogP contribution is 2.34. The lowest BCUT2D eigenvalue weighted by Gasteiger charge is -2.12. The molecular weight excluding hydrogens is 196 g/mol. The van der Waals surface area contributed by atoms with Crippen LogP contribution < -0.4 is 5.32 Å². The number of carbonyl (C=O) groups is 1. The van der Waals surface area contributed by atoms with Crippen LogP contribution in [0.3, 0.4) is 0 Å². The van der Waals surface area contributed by atoms with Crippen LogP contribution in [0, 0.1) is 0 Å². The Morgan fingerprint density at radius 3 is 2.77 bits per heavy atom. The average Bonchev–Trinajstić information content (AvgIpc) is 2.30. The van der Waals surface area contributed by atoms with E-state index in [2.05, 4.69) is 17.9 Å². The lowest BCUT2D eigenvalue weighted by atomic mass is 10.2. The van der Waals surface area contributed by atoms with Gasteiger partial charge in [0.05, 0.1) is 0 Å². The molecule has 0 spiro atoms. The molecular formula is C8H13F2NOS. The first-order chi connectivity index (χ1) is 6.03. The van der Waals surface area contributed by atoms with Gasteiger partial charge in [-0.25, -0.2) is 8.78 Å². The first kappa shape index (κ1) is 10.8. The molecule has 1 saturated carbocycles. The molecule has 76 valence electrons. The summed E-state index contributed by atoms with van der Waals surface area (Å²) in [6, 6.07) is -0.345. The Balaban J connectivity index is 2.28. The highest BCUT2D eigenvalue weighted by molar-refractivity contribution is 7.80. The van der Waals surface area contributed by atoms with E-state index in [-0.39, 0.29) is 24.8 Å². The molecule has 1 amide bonds. The number of amides is 1. The van der Waals surface area contributed by atoms with Crippen LogP contribution in [0.5, 0.6) is 0 Å². The quantitative estimate of drug-likeness (QED) is 0.679. The monoisotopic (exact) mass is 209 g/mol. The van der Waals surface area contributed by atoms with Crippen molar-refractivity contribution in [1.29, 1.82) is 0 Å². The fourth-order valence-electron chi connectivity index (χ4n) is 1.47. The molecule has 5 heteroatoms. The molecule has 0 saturated heterocycles. The normalized spacial score (nSPS) is 25.9. The molecule has 1 unspecified atom stereocenters. The van der Waals surface area contributed by atoms with Gasteiger partial charge in [-0.2, -0.15) is 12.6 Å². The van der Waals surface area contributed by atoms with Crippen LogP contribution in [0.15, 0.2) is 0 Å². The molecule has 2 nitrogen and oxygen atoms in total. The minimum Gasteiger partial charge on any atom is -0.353 e. The molecule has 1 aliphatic rings. The van der Waals surface area contributed by atoms with Crippen molar-refractivity contribution in [3.8, 4) is 0 Å². The first-order valence-electron chi connectivity index (χ1n) is 4.31. The fourth-order valence-corrected chi connectivity index (χ4v) is 1.68. The smallest absolute Gasteiger partial charge is 0.250 e. The van der Waals surface area contributed by atoms with Gasteiger partial charge in [-0.05, 0) is 12.2 Å². The number of hydrogen-bond acceptors (Lipinski definition) is 2. The van der Waals surface area contributed by atoms with E-state index in [1.807, 2.05) is 0 Å². The van der Waals surface area contributed by atoms with Crippen LogP contribution in [0.25, 0.3) is 0 Å². The largest absolute Gasteiger partial charge is 0.353 e. The number of halogens is 2. The molecule has 1 N–H and O–H groups in total. The van der Waals surface area contributed by atoms with Crippen molar-refractivity contribution in [2.24, 2.45) is 0 Å². The minimum absolute atomic E-state index is 0.112. The van der Waals surface area contributed by atoms with Crippen molar-refractivity contribution in [3.05, 3.63) is 0 Å². The van der Waals surface area contributed by atoms with Crippen molar-refractivity contribution in [3.63, 3.8) is 0 Å². The van der Waals surface area contributed by atoms with Gasteiger partial charge in [0.2, 0.25) is 11.8 Å². The van der Waals surface area contributed by atoms with Gasteiger partial charge in [-0.15, -0.1) is 0 Å². The Hall–Kier alpha value is -0.320. The Bertz CT molecular complexity index is 199. The summed E-state index contributed by atoms with van der Waals surface area (Å²) in [5.74, 6) is -2.31. The highest BCUT2D eigenvalue weighted by Gasteiger charge is 2.39. The number of alkyl halides is 2. The zero-order chi connectivity index (χ0) is 9.90. The molecule has 0 bridgehead atoms. The molecule has 0 aromatic heterocycles. The Morgan fingerprint density at radius 1 is 1.62 bits per heavy atom. The number of nitrogens with one attached hydrogen (secondary N) is 1. The summed E-state index contributed by atoms with van der Waals surface area (Å²) >= 11 is 3.88. The van der Waals surface area contributed by atoms with Gasteiger partial charge in [0.1, 0.15) is 0 Å². The first-order valence-corrected chi connectivity index (χ1v) is 4.95. The summed E-state index contributed by atoms with van der Waals surface area (Å²) in [6.45, 7) is 0. The molecule has 0 aliphatic heterocycles. The maximum Gasteiger partial charge on any atom is 0.250 e. The van der Waals surface area contributed by atoms with Gasteiger partial charge in [0, 0.05) is 25.3 Å². The molecule has 1 fully saturated rings. The Kier molecular flexibility index (Phi) is 3.53. The van der Waals surface area contributed by atoms with Crippen molar-refractivity contribution in [2.75, 3.05) is 5.75 Å². The third-order valence-electron chi connectivity index (χ3n) is 2.11. The standard InChI is InChI=1S/C8H13F2NOS/c9-8(10)3-1-6(5-8)11-7(12)2-4-13/h6,13H,1-5H2,(H,11,12). The lowest BCUT2D eigenvalue weighted by molar-refractivity contribution is -0.121. The van der Waals surface area contributed by atoms with Crippen LogP contribution in [-0.4, -0.2) is 23.6 Å². The molecule has 1 aliphatic carbocycles. The average molecular weight is 209 g/mol. The van der Waals surface area contributed by atoms with Crippen LogP contribution >= 0.6 is 12.6 Å².